The van der Waals surface area contributed by atoms with Crippen molar-refractivity contribution in [2.45, 2.75) is 31.7 Å². The van der Waals surface area contributed by atoms with Crippen LogP contribution in [0.4, 0.5) is 5.69 Å². The van der Waals surface area contributed by atoms with Gasteiger partial charge in [0.25, 0.3) is 5.91 Å². The van der Waals surface area contributed by atoms with Crippen LogP contribution in [0.15, 0.2) is 78.2 Å². The van der Waals surface area contributed by atoms with Gasteiger partial charge in [-0.25, -0.2) is 0 Å². The zero-order valence-electron chi connectivity index (χ0n) is 16.7. The summed E-state index contributed by atoms with van der Waals surface area (Å²) in [5, 5.41) is 5.54. The number of para-hydroxylation sites is 1. The Morgan fingerprint density at radius 2 is 1.79 bits per heavy atom. The van der Waals surface area contributed by atoms with Crippen LogP contribution in [-0.4, -0.2) is 25.0 Å². The van der Waals surface area contributed by atoms with Crippen LogP contribution >= 0.6 is 11.3 Å². The van der Waals surface area contributed by atoms with Crippen molar-refractivity contribution in [2.75, 3.05) is 18.0 Å². The van der Waals surface area contributed by atoms with Crippen molar-refractivity contribution in [3.8, 4) is 0 Å². The fourth-order valence-electron chi connectivity index (χ4n) is 4.31. The number of hydrogen-bond acceptors (Lipinski definition) is 3. The standard InChI is InChI=1S/C25H28N2OS/c28-25(24-14-8-18-29-24)27(22-12-5-2-6-13-22)23(21-11-7-17-26-19-21)16-15-20-9-3-1-4-10-20/h1-6,8-10,12-14,18,21,23,26H,7,11,15-17,19H2. The highest BCUT2D eigenvalue weighted by Crippen LogP contribution is 2.30. The van der Waals surface area contributed by atoms with E-state index in [9.17, 15) is 4.79 Å². The van der Waals surface area contributed by atoms with Gasteiger partial charge in [-0.05, 0) is 73.8 Å². The molecule has 3 aromatic rings. The minimum Gasteiger partial charge on any atom is -0.316 e. The topological polar surface area (TPSA) is 32.3 Å². The fourth-order valence-corrected chi connectivity index (χ4v) is 4.97. The molecular formula is C25H28N2OS. The van der Waals surface area contributed by atoms with Crippen LogP contribution in [0.5, 0.6) is 0 Å². The molecule has 1 N–H and O–H groups in total. The molecule has 1 fully saturated rings. The Bertz CT molecular complexity index is 874. The van der Waals surface area contributed by atoms with Crippen LogP contribution in [-0.2, 0) is 6.42 Å². The van der Waals surface area contributed by atoms with E-state index in [1.807, 2.05) is 35.7 Å². The molecule has 1 aliphatic heterocycles. The molecule has 1 amide bonds. The number of rotatable bonds is 7. The van der Waals surface area contributed by atoms with Gasteiger partial charge in [-0.3, -0.25) is 4.79 Å². The van der Waals surface area contributed by atoms with Gasteiger partial charge in [-0.1, -0.05) is 54.6 Å². The maximum Gasteiger partial charge on any atom is 0.268 e. The summed E-state index contributed by atoms with van der Waals surface area (Å²) in [6.07, 6.45) is 4.27. The van der Waals surface area contributed by atoms with Gasteiger partial charge in [0.2, 0.25) is 0 Å². The number of aryl methyl sites for hydroxylation is 1. The number of nitrogens with zero attached hydrogens (tertiary/aromatic N) is 1. The van der Waals surface area contributed by atoms with Crippen LogP contribution in [0.25, 0.3) is 0 Å². The zero-order chi connectivity index (χ0) is 19.9. The Balaban J connectivity index is 1.67. The lowest BCUT2D eigenvalue weighted by molar-refractivity contribution is 0.0965. The van der Waals surface area contributed by atoms with E-state index in [4.69, 9.17) is 0 Å². The molecule has 4 heteroatoms. The molecule has 0 saturated carbocycles. The van der Waals surface area contributed by atoms with Crippen molar-refractivity contribution in [2.24, 2.45) is 5.92 Å². The average Bonchev–Trinajstić information content (AvgIpc) is 3.33. The third-order valence-electron chi connectivity index (χ3n) is 5.77. The quantitative estimate of drug-likeness (QED) is 0.572. The van der Waals surface area contributed by atoms with E-state index >= 15 is 0 Å². The van der Waals surface area contributed by atoms with Gasteiger partial charge in [-0.2, -0.15) is 0 Å². The van der Waals surface area contributed by atoms with Crippen molar-refractivity contribution in [1.29, 1.82) is 0 Å². The van der Waals surface area contributed by atoms with E-state index in [1.54, 1.807) is 0 Å². The predicted octanol–water partition coefficient (Wildman–Crippen LogP) is 5.40. The first-order valence-electron chi connectivity index (χ1n) is 10.5. The second-order valence-electron chi connectivity index (χ2n) is 7.69. The van der Waals surface area contributed by atoms with Crippen molar-refractivity contribution in [3.05, 3.63) is 88.6 Å². The molecule has 0 radical (unpaired) electrons. The molecule has 2 unspecified atom stereocenters. The Labute approximate surface area is 177 Å². The SMILES string of the molecule is O=C(c1cccs1)N(c1ccccc1)C(CCc1ccccc1)C1CCCNC1. The third-order valence-corrected chi connectivity index (χ3v) is 6.63. The molecule has 0 aliphatic carbocycles. The number of carbonyl (C=O) groups is 1. The molecule has 0 bridgehead atoms. The van der Waals surface area contributed by atoms with E-state index in [0.29, 0.717) is 5.92 Å². The molecule has 2 aromatic carbocycles. The highest BCUT2D eigenvalue weighted by molar-refractivity contribution is 7.12. The zero-order valence-corrected chi connectivity index (χ0v) is 17.5. The normalized spacial score (nSPS) is 17.6. The van der Waals surface area contributed by atoms with Crippen LogP contribution in [0.2, 0.25) is 0 Å². The van der Waals surface area contributed by atoms with Crippen LogP contribution in [0, 0.1) is 5.92 Å². The highest BCUT2D eigenvalue weighted by Gasteiger charge is 2.33. The van der Waals surface area contributed by atoms with Crippen LogP contribution < -0.4 is 10.2 Å². The first-order chi connectivity index (χ1) is 14.3. The molecule has 1 aromatic heterocycles. The van der Waals surface area contributed by atoms with Crippen LogP contribution in [0.1, 0.15) is 34.5 Å². The molecule has 4 rings (SSSR count). The van der Waals surface area contributed by atoms with E-state index in [1.165, 1.54) is 23.3 Å². The molecule has 1 saturated heterocycles. The average molecular weight is 405 g/mol. The Hall–Kier alpha value is -2.43. The lowest BCUT2D eigenvalue weighted by Gasteiger charge is -2.39. The smallest absolute Gasteiger partial charge is 0.268 e. The molecule has 2 heterocycles. The maximum absolute atomic E-state index is 13.6. The van der Waals surface area contributed by atoms with Gasteiger partial charge in [0, 0.05) is 11.7 Å². The van der Waals surface area contributed by atoms with Gasteiger partial charge in [0.15, 0.2) is 0 Å². The second kappa shape index (κ2) is 9.86. The fraction of sp³-hybridized carbons (Fsp3) is 0.320. The molecule has 2 atom stereocenters. The summed E-state index contributed by atoms with van der Waals surface area (Å²) in [5.41, 5.74) is 2.33. The van der Waals surface area contributed by atoms with E-state index < -0.39 is 0 Å². The summed E-state index contributed by atoms with van der Waals surface area (Å²) >= 11 is 1.53. The van der Waals surface area contributed by atoms with E-state index in [-0.39, 0.29) is 11.9 Å². The minimum absolute atomic E-state index is 0.120. The van der Waals surface area contributed by atoms with Gasteiger partial charge >= 0.3 is 0 Å². The second-order valence-corrected chi connectivity index (χ2v) is 8.63. The summed E-state index contributed by atoms with van der Waals surface area (Å²) in [7, 11) is 0. The number of nitrogens with one attached hydrogen (secondary N) is 1. The molecular weight excluding hydrogens is 376 g/mol. The molecule has 1 aliphatic rings. The van der Waals surface area contributed by atoms with Gasteiger partial charge < -0.3 is 10.2 Å². The summed E-state index contributed by atoms with van der Waals surface area (Å²) < 4.78 is 0. The van der Waals surface area contributed by atoms with E-state index in [0.717, 1.165) is 42.9 Å². The number of anilines is 1. The minimum atomic E-state index is 0.120. The Kier molecular flexibility index (Phi) is 6.75. The van der Waals surface area contributed by atoms with Gasteiger partial charge in [0.1, 0.15) is 0 Å². The summed E-state index contributed by atoms with van der Waals surface area (Å²) in [4.78, 5) is 16.5. The Morgan fingerprint density at radius 3 is 2.45 bits per heavy atom. The molecule has 29 heavy (non-hydrogen) atoms. The number of hydrogen-bond donors (Lipinski definition) is 1. The molecule has 3 nitrogen and oxygen atoms in total. The van der Waals surface area contributed by atoms with Crippen molar-refractivity contribution < 1.29 is 4.79 Å². The lowest BCUT2D eigenvalue weighted by Crippen LogP contribution is -2.49. The third kappa shape index (κ3) is 4.95. The largest absolute Gasteiger partial charge is 0.316 e. The first kappa shape index (κ1) is 19.9. The predicted molar refractivity (Wildman–Crippen MR) is 122 cm³/mol. The van der Waals surface area contributed by atoms with Crippen molar-refractivity contribution >= 4 is 22.9 Å². The van der Waals surface area contributed by atoms with Crippen LogP contribution in [0.3, 0.4) is 0 Å². The van der Waals surface area contributed by atoms with E-state index in [2.05, 4.69) is 52.7 Å². The van der Waals surface area contributed by atoms with Gasteiger partial charge in [-0.15, -0.1) is 11.3 Å². The number of carbonyl (C=O) groups excluding carboxylic acids is 1. The summed E-state index contributed by atoms with van der Waals surface area (Å²) in [6, 6.07) is 24.9. The number of benzene rings is 2. The summed E-state index contributed by atoms with van der Waals surface area (Å²) in [5.74, 6) is 0.575. The monoisotopic (exact) mass is 404 g/mol. The first-order valence-corrected chi connectivity index (χ1v) is 11.4. The lowest BCUT2D eigenvalue weighted by atomic mass is 9.86. The number of piperidine rings is 1. The number of amides is 1. The number of thiophene rings is 1. The van der Waals surface area contributed by atoms with Gasteiger partial charge in [0.05, 0.1) is 4.88 Å². The maximum atomic E-state index is 13.6. The van der Waals surface area contributed by atoms with Crippen molar-refractivity contribution in [3.63, 3.8) is 0 Å². The molecule has 150 valence electrons. The Morgan fingerprint density at radius 1 is 1.03 bits per heavy atom. The van der Waals surface area contributed by atoms with Crippen molar-refractivity contribution in [1.82, 2.24) is 5.32 Å². The molecule has 0 spiro atoms. The highest BCUT2D eigenvalue weighted by atomic mass is 32.1. The summed E-state index contributed by atoms with van der Waals surface area (Å²) in [6.45, 7) is 2.05.